The van der Waals surface area contributed by atoms with Crippen LogP contribution in [0.1, 0.15) is 13.8 Å². The summed E-state index contributed by atoms with van der Waals surface area (Å²) in [5.41, 5.74) is 1.22. The summed E-state index contributed by atoms with van der Waals surface area (Å²) in [6.07, 6.45) is 6.81. The first-order chi connectivity index (χ1) is 16.9. The van der Waals surface area contributed by atoms with Gasteiger partial charge >= 0.3 is 0 Å². The summed E-state index contributed by atoms with van der Waals surface area (Å²) in [6.45, 7) is 12.8. The SMILES string of the molecule is C=CC(=O)N1CCN(CCn2c(=O)ccc3cnc(Nc4cnn(CCOC(C)C)c4)nc32)CC1. The summed E-state index contributed by atoms with van der Waals surface area (Å²) in [7, 11) is 0. The highest BCUT2D eigenvalue weighted by molar-refractivity contribution is 5.87. The molecule has 1 aliphatic rings. The van der Waals surface area contributed by atoms with E-state index in [1.165, 1.54) is 6.08 Å². The Kier molecular flexibility index (Phi) is 7.88. The number of rotatable bonds is 10. The number of carbonyl (C=O) groups excluding carboxylic acids is 1. The molecule has 3 aromatic rings. The van der Waals surface area contributed by atoms with Gasteiger partial charge in [-0.15, -0.1) is 0 Å². The molecule has 1 N–H and O–H groups in total. The molecule has 11 heteroatoms. The van der Waals surface area contributed by atoms with Gasteiger partial charge in [0, 0.05) is 63.1 Å². The summed E-state index contributed by atoms with van der Waals surface area (Å²) < 4.78 is 9.04. The Morgan fingerprint density at radius 1 is 1.17 bits per heavy atom. The van der Waals surface area contributed by atoms with E-state index in [4.69, 9.17) is 4.74 Å². The van der Waals surface area contributed by atoms with E-state index in [2.05, 4.69) is 31.9 Å². The molecule has 0 spiro atoms. The number of ether oxygens (including phenoxy) is 1. The first kappa shape index (κ1) is 24.6. The molecule has 11 nitrogen and oxygen atoms in total. The predicted octanol–water partition coefficient (Wildman–Crippen LogP) is 1.49. The van der Waals surface area contributed by atoms with Crippen molar-refractivity contribution in [3.05, 3.63) is 53.7 Å². The number of anilines is 2. The molecule has 0 aliphatic carbocycles. The highest BCUT2D eigenvalue weighted by atomic mass is 16.5. The van der Waals surface area contributed by atoms with Crippen LogP contribution in [0, 0.1) is 0 Å². The molecule has 186 valence electrons. The molecule has 0 aromatic carbocycles. The standard InChI is InChI=1S/C24H32N8O3/c1-4-21(33)30-10-7-29(8-11-30)9-12-32-22(34)6-5-19-15-25-24(28-23(19)32)27-20-16-26-31(17-20)13-14-35-18(2)3/h4-6,15-18H,1,7-14H2,2-3H3,(H,25,27,28). The van der Waals surface area contributed by atoms with Gasteiger partial charge in [0.25, 0.3) is 5.56 Å². The van der Waals surface area contributed by atoms with Gasteiger partial charge < -0.3 is 15.0 Å². The Hall–Kier alpha value is -3.57. The van der Waals surface area contributed by atoms with Gasteiger partial charge in [-0.3, -0.25) is 23.7 Å². The highest BCUT2D eigenvalue weighted by Crippen LogP contribution is 2.15. The molecule has 4 heterocycles. The average Bonchev–Trinajstić information content (AvgIpc) is 3.30. The number of fused-ring (bicyclic) bond motifs is 1. The lowest BCUT2D eigenvalue weighted by Gasteiger charge is -2.34. The fourth-order valence-corrected chi connectivity index (χ4v) is 3.97. The van der Waals surface area contributed by atoms with Crippen molar-refractivity contribution in [2.45, 2.75) is 33.0 Å². The van der Waals surface area contributed by atoms with Crippen LogP contribution in [-0.4, -0.2) is 85.5 Å². The first-order valence-corrected chi connectivity index (χ1v) is 11.8. The van der Waals surface area contributed by atoms with Crippen LogP contribution in [0.3, 0.4) is 0 Å². The van der Waals surface area contributed by atoms with Crippen LogP contribution < -0.4 is 10.9 Å². The van der Waals surface area contributed by atoms with Crippen LogP contribution in [0.2, 0.25) is 0 Å². The molecular weight excluding hydrogens is 448 g/mol. The van der Waals surface area contributed by atoms with E-state index in [1.54, 1.807) is 38.7 Å². The fraction of sp³-hybridized carbons (Fsp3) is 0.458. The summed E-state index contributed by atoms with van der Waals surface area (Å²) >= 11 is 0. The third-order valence-electron chi connectivity index (χ3n) is 5.88. The molecule has 1 saturated heterocycles. The van der Waals surface area contributed by atoms with E-state index in [9.17, 15) is 9.59 Å². The van der Waals surface area contributed by atoms with Gasteiger partial charge in [0.2, 0.25) is 11.9 Å². The molecular formula is C24H32N8O3. The van der Waals surface area contributed by atoms with Crippen LogP contribution in [-0.2, 0) is 22.6 Å². The molecule has 0 atom stereocenters. The molecule has 0 unspecified atom stereocenters. The first-order valence-electron chi connectivity index (χ1n) is 11.8. The van der Waals surface area contributed by atoms with Crippen molar-refractivity contribution in [1.29, 1.82) is 0 Å². The largest absolute Gasteiger partial charge is 0.377 e. The Balaban J connectivity index is 1.42. The van der Waals surface area contributed by atoms with Crippen molar-refractivity contribution in [2.24, 2.45) is 0 Å². The van der Waals surface area contributed by atoms with Crippen molar-refractivity contribution < 1.29 is 9.53 Å². The van der Waals surface area contributed by atoms with Crippen LogP contribution in [0.5, 0.6) is 0 Å². The summed E-state index contributed by atoms with van der Waals surface area (Å²) in [6, 6.07) is 3.28. The molecule has 35 heavy (non-hydrogen) atoms. The van der Waals surface area contributed by atoms with Gasteiger partial charge in [-0.05, 0) is 26.0 Å². The van der Waals surface area contributed by atoms with Gasteiger partial charge in [-0.25, -0.2) is 4.98 Å². The maximum Gasteiger partial charge on any atom is 0.252 e. The van der Waals surface area contributed by atoms with Crippen molar-refractivity contribution in [3.8, 4) is 0 Å². The van der Waals surface area contributed by atoms with Crippen LogP contribution in [0.4, 0.5) is 11.6 Å². The molecule has 0 radical (unpaired) electrons. The number of amides is 1. The number of hydrogen-bond donors (Lipinski definition) is 1. The van der Waals surface area contributed by atoms with E-state index < -0.39 is 0 Å². The zero-order chi connectivity index (χ0) is 24.8. The third kappa shape index (κ3) is 6.31. The second-order valence-electron chi connectivity index (χ2n) is 8.70. The summed E-state index contributed by atoms with van der Waals surface area (Å²) in [5, 5.41) is 8.29. The number of pyridine rings is 1. The molecule has 1 amide bonds. The molecule has 0 bridgehead atoms. The minimum atomic E-state index is -0.111. The molecule has 1 fully saturated rings. The van der Waals surface area contributed by atoms with E-state index in [1.807, 2.05) is 20.0 Å². The zero-order valence-corrected chi connectivity index (χ0v) is 20.3. The fourth-order valence-electron chi connectivity index (χ4n) is 3.97. The monoisotopic (exact) mass is 480 g/mol. The van der Waals surface area contributed by atoms with Crippen LogP contribution >= 0.6 is 0 Å². The second kappa shape index (κ2) is 11.2. The zero-order valence-electron chi connectivity index (χ0n) is 20.3. The number of carbonyl (C=O) groups is 1. The molecule has 4 rings (SSSR count). The minimum absolute atomic E-state index is 0.0407. The van der Waals surface area contributed by atoms with Gasteiger partial charge in [0.15, 0.2) is 0 Å². The quantitative estimate of drug-likeness (QED) is 0.435. The smallest absolute Gasteiger partial charge is 0.252 e. The van der Waals surface area contributed by atoms with Gasteiger partial charge in [-0.1, -0.05) is 6.58 Å². The Morgan fingerprint density at radius 3 is 2.71 bits per heavy atom. The lowest BCUT2D eigenvalue weighted by molar-refractivity contribution is -0.127. The maximum atomic E-state index is 12.7. The molecule has 0 saturated carbocycles. The van der Waals surface area contributed by atoms with Crippen LogP contribution in [0.25, 0.3) is 11.0 Å². The average molecular weight is 481 g/mol. The van der Waals surface area contributed by atoms with E-state index in [-0.39, 0.29) is 17.6 Å². The van der Waals surface area contributed by atoms with Crippen molar-refractivity contribution in [3.63, 3.8) is 0 Å². The lowest BCUT2D eigenvalue weighted by atomic mass is 10.3. The normalized spacial score (nSPS) is 14.5. The number of aromatic nitrogens is 5. The number of piperazine rings is 1. The second-order valence-corrected chi connectivity index (χ2v) is 8.70. The van der Waals surface area contributed by atoms with Crippen molar-refractivity contribution in [2.75, 3.05) is 44.6 Å². The predicted molar refractivity (Wildman–Crippen MR) is 134 cm³/mol. The van der Waals surface area contributed by atoms with Crippen molar-refractivity contribution in [1.82, 2.24) is 34.1 Å². The van der Waals surface area contributed by atoms with E-state index in [0.29, 0.717) is 50.9 Å². The number of nitrogens with one attached hydrogen (secondary N) is 1. The number of nitrogens with zero attached hydrogens (tertiary/aromatic N) is 7. The third-order valence-corrected chi connectivity index (χ3v) is 5.88. The van der Waals surface area contributed by atoms with Gasteiger partial charge in [0.05, 0.1) is 31.1 Å². The number of hydrogen-bond acceptors (Lipinski definition) is 8. The topological polar surface area (TPSA) is 110 Å². The molecule has 1 aliphatic heterocycles. The Bertz CT molecular complexity index is 1230. The van der Waals surface area contributed by atoms with Gasteiger partial charge in [0.1, 0.15) is 5.65 Å². The van der Waals surface area contributed by atoms with Crippen molar-refractivity contribution >= 4 is 28.6 Å². The van der Waals surface area contributed by atoms with E-state index in [0.717, 1.165) is 24.2 Å². The van der Waals surface area contributed by atoms with E-state index >= 15 is 0 Å². The maximum absolute atomic E-state index is 12.7. The van der Waals surface area contributed by atoms with Crippen LogP contribution in [0.15, 0.2) is 48.2 Å². The Morgan fingerprint density at radius 2 is 1.97 bits per heavy atom. The van der Waals surface area contributed by atoms with Gasteiger partial charge in [-0.2, -0.15) is 10.1 Å². The summed E-state index contributed by atoms with van der Waals surface area (Å²) in [4.78, 5) is 37.5. The molecule has 3 aromatic heterocycles. The Labute approximate surface area is 204 Å². The lowest BCUT2D eigenvalue weighted by Crippen LogP contribution is -2.49. The minimum Gasteiger partial charge on any atom is -0.377 e. The highest BCUT2D eigenvalue weighted by Gasteiger charge is 2.19. The summed E-state index contributed by atoms with van der Waals surface area (Å²) in [5.74, 6) is 0.354.